The number of pyridine rings is 1. The van der Waals surface area contributed by atoms with E-state index in [1.165, 1.54) is 11.1 Å². The maximum absolute atomic E-state index is 11.8. The van der Waals surface area contributed by atoms with Crippen LogP contribution in [0.25, 0.3) is 10.9 Å². The van der Waals surface area contributed by atoms with Crippen molar-refractivity contribution in [1.29, 1.82) is 0 Å². The van der Waals surface area contributed by atoms with E-state index in [0.717, 1.165) is 0 Å². The van der Waals surface area contributed by atoms with Crippen LogP contribution in [0.4, 0.5) is 10.5 Å². The van der Waals surface area contributed by atoms with Crippen molar-refractivity contribution < 1.29 is 24.2 Å². The van der Waals surface area contributed by atoms with Gasteiger partial charge in [0.05, 0.1) is 18.7 Å². The van der Waals surface area contributed by atoms with E-state index in [9.17, 15) is 14.7 Å². The van der Waals surface area contributed by atoms with Gasteiger partial charge in [0, 0.05) is 17.3 Å². The molecule has 1 N–H and O–H groups in total. The molecule has 1 aromatic carbocycles. The fourth-order valence-corrected chi connectivity index (χ4v) is 2.32. The minimum Gasteiger partial charge on any atom is -0.506 e. The van der Waals surface area contributed by atoms with Gasteiger partial charge in [-0.05, 0) is 25.1 Å². The maximum atomic E-state index is 11.8. The van der Waals surface area contributed by atoms with E-state index in [1.54, 1.807) is 25.1 Å². The number of cyclic esters (lactones) is 1. The van der Waals surface area contributed by atoms with Gasteiger partial charge in [-0.1, -0.05) is 0 Å². The monoisotopic (exact) mass is 302 g/mol. The highest BCUT2D eigenvalue weighted by atomic mass is 16.6. The van der Waals surface area contributed by atoms with Gasteiger partial charge in [-0.2, -0.15) is 0 Å². The second kappa shape index (κ2) is 5.51. The van der Waals surface area contributed by atoms with Crippen LogP contribution in [0.2, 0.25) is 0 Å². The minimum absolute atomic E-state index is 0.00417. The molecule has 0 aliphatic carbocycles. The molecule has 0 atom stereocenters. The lowest BCUT2D eigenvalue weighted by atomic mass is 10.1. The van der Waals surface area contributed by atoms with Gasteiger partial charge in [0.2, 0.25) is 0 Å². The van der Waals surface area contributed by atoms with E-state index in [-0.39, 0.29) is 17.9 Å². The number of benzene rings is 1. The third-order valence-corrected chi connectivity index (χ3v) is 3.39. The zero-order valence-electron chi connectivity index (χ0n) is 11.9. The summed E-state index contributed by atoms with van der Waals surface area (Å²) in [4.78, 5) is 29.0. The summed E-state index contributed by atoms with van der Waals surface area (Å²) in [7, 11) is 0. The second-order valence-electron chi connectivity index (χ2n) is 4.71. The molecule has 0 bridgehead atoms. The molecule has 0 unspecified atom stereocenters. The number of anilines is 1. The first-order chi connectivity index (χ1) is 10.6. The van der Waals surface area contributed by atoms with Crippen LogP contribution in [-0.2, 0) is 9.47 Å². The highest BCUT2D eigenvalue weighted by Gasteiger charge is 2.24. The fourth-order valence-electron chi connectivity index (χ4n) is 2.32. The van der Waals surface area contributed by atoms with Crippen molar-refractivity contribution in [2.24, 2.45) is 0 Å². The summed E-state index contributed by atoms with van der Waals surface area (Å²) in [5, 5.41) is 10.7. The number of ether oxygens (including phenoxy) is 2. The molecule has 1 aliphatic rings. The first-order valence-corrected chi connectivity index (χ1v) is 6.85. The van der Waals surface area contributed by atoms with E-state index >= 15 is 0 Å². The molecule has 1 amide bonds. The molecule has 22 heavy (non-hydrogen) atoms. The van der Waals surface area contributed by atoms with Crippen molar-refractivity contribution in [1.82, 2.24) is 4.98 Å². The quantitative estimate of drug-likeness (QED) is 0.873. The molecule has 3 rings (SSSR count). The second-order valence-corrected chi connectivity index (χ2v) is 4.71. The fraction of sp³-hybridized carbons (Fsp3) is 0.267. The molecule has 2 heterocycles. The number of amides is 1. The van der Waals surface area contributed by atoms with Crippen LogP contribution >= 0.6 is 0 Å². The van der Waals surface area contributed by atoms with Crippen molar-refractivity contribution in [2.75, 3.05) is 24.7 Å². The molecule has 114 valence electrons. The summed E-state index contributed by atoms with van der Waals surface area (Å²) in [5.41, 5.74) is 1.09. The van der Waals surface area contributed by atoms with Gasteiger partial charge in [0.15, 0.2) is 0 Å². The summed E-state index contributed by atoms with van der Waals surface area (Å²) in [6.45, 7) is 2.65. The summed E-state index contributed by atoms with van der Waals surface area (Å²) < 4.78 is 9.77. The van der Waals surface area contributed by atoms with Crippen LogP contribution in [0.5, 0.6) is 5.75 Å². The SMILES string of the molecule is CCOC(=O)c1cnc2ccc(N3CCOC3=O)cc2c1O. The average Bonchev–Trinajstić information content (AvgIpc) is 2.94. The first-order valence-electron chi connectivity index (χ1n) is 6.85. The van der Waals surface area contributed by atoms with E-state index in [0.29, 0.717) is 29.7 Å². The summed E-state index contributed by atoms with van der Waals surface area (Å²) >= 11 is 0. The Morgan fingerprint density at radius 3 is 3.00 bits per heavy atom. The largest absolute Gasteiger partial charge is 0.506 e. The topological polar surface area (TPSA) is 89.0 Å². The van der Waals surface area contributed by atoms with E-state index in [4.69, 9.17) is 9.47 Å². The molecular weight excluding hydrogens is 288 g/mol. The predicted molar refractivity (Wildman–Crippen MR) is 78.1 cm³/mol. The minimum atomic E-state index is -0.639. The Morgan fingerprint density at radius 2 is 2.32 bits per heavy atom. The van der Waals surface area contributed by atoms with Crippen molar-refractivity contribution in [3.8, 4) is 5.75 Å². The summed E-state index contributed by atoms with van der Waals surface area (Å²) in [6, 6.07) is 4.99. The number of esters is 1. The Kier molecular flexibility index (Phi) is 3.54. The zero-order chi connectivity index (χ0) is 15.7. The average molecular weight is 302 g/mol. The third-order valence-electron chi connectivity index (χ3n) is 3.39. The zero-order valence-corrected chi connectivity index (χ0v) is 11.9. The number of hydrogen-bond acceptors (Lipinski definition) is 6. The Morgan fingerprint density at radius 1 is 1.50 bits per heavy atom. The van der Waals surface area contributed by atoms with Crippen molar-refractivity contribution in [3.05, 3.63) is 30.0 Å². The van der Waals surface area contributed by atoms with Crippen molar-refractivity contribution in [2.45, 2.75) is 6.92 Å². The molecule has 7 heteroatoms. The van der Waals surface area contributed by atoms with Crippen molar-refractivity contribution in [3.63, 3.8) is 0 Å². The molecular formula is C15H14N2O5. The molecule has 2 aromatic rings. The molecule has 7 nitrogen and oxygen atoms in total. The van der Waals surface area contributed by atoms with Gasteiger partial charge < -0.3 is 14.6 Å². The van der Waals surface area contributed by atoms with Crippen molar-refractivity contribution >= 4 is 28.7 Å². The number of carbonyl (C=O) groups excluding carboxylic acids is 2. The number of nitrogens with zero attached hydrogens (tertiary/aromatic N) is 2. The van der Waals surface area contributed by atoms with E-state index < -0.39 is 12.1 Å². The van der Waals surface area contributed by atoms with E-state index in [1.807, 2.05) is 0 Å². The first kappa shape index (κ1) is 14.1. The lowest BCUT2D eigenvalue weighted by Crippen LogP contribution is -2.23. The number of aromatic nitrogens is 1. The molecule has 1 fully saturated rings. The number of fused-ring (bicyclic) bond motifs is 1. The molecule has 1 aromatic heterocycles. The Balaban J connectivity index is 2.07. The molecule has 0 radical (unpaired) electrons. The Labute approximate surface area is 126 Å². The Bertz CT molecular complexity index is 759. The molecule has 0 saturated carbocycles. The van der Waals surface area contributed by atoms with Crippen LogP contribution in [0.1, 0.15) is 17.3 Å². The van der Waals surface area contributed by atoms with E-state index in [2.05, 4.69) is 4.98 Å². The Hall–Kier alpha value is -2.83. The predicted octanol–water partition coefficient (Wildman–Crippen LogP) is 2.07. The van der Waals surface area contributed by atoms with Crippen LogP contribution in [0, 0.1) is 0 Å². The summed E-state index contributed by atoms with van der Waals surface area (Å²) in [6.07, 6.45) is 0.841. The third kappa shape index (κ3) is 2.30. The van der Waals surface area contributed by atoms with Gasteiger partial charge in [0.25, 0.3) is 0 Å². The number of rotatable bonds is 3. The lowest BCUT2D eigenvalue weighted by Gasteiger charge is -2.14. The van der Waals surface area contributed by atoms with Crippen LogP contribution in [0.15, 0.2) is 24.4 Å². The normalized spacial score (nSPS) is 14.2. The summed E-state index contributed by atoms with van der Waals surface area (Å²) in [5.74, 6) is -0.849. The van der Waals surface area contributed by atoms with Crippen LogP contribution < -0.4 is 4.90 Å². The number of hydrogen-bond donors (Lipinski definition) is 1. The number of aromatic hydroxyl groups is 1. The van der Waals surface area contributed by atoms with Gasteiger partial charge in [-0.15, -0.1) is 0 Å². The smallest absolute Gasteiger partial charge is 0.414 e. The highest BCUT2D eigenvalue weighted by molar-refractivity contribution is 6.01. The molecule has 1 aliphatic heterocycles. The van der Waals surface area contributed by atoms with Gasteiger partial charge >= 0.3 is 12.1 Å². The highest BCUT2D eigenvalue weighted by Crippen LogP contribution is 2.31. The lowest BCUT2D eigenvalue weighted by molar-refractivity contribution is 0.0523. The van der Waals surface area contributed by atoms with Gasteiger partial charge in [-0.3, -0.25) is 9.88 Å². The van der Waals surface area contributed by atoms with Gasteiger partial charge in [0.1, 0.15) is 17.9 Å². The molecule has 0 spiro atoms. The standard InChI is InChI=1S/C15H14N2O5/c1-2-21-14(19)11-8-16-12-4-3-9(7-10(12)13(11)18)17-5-6-22-15(17)20/h3-4,7-8H,2,5-6H2,1H3,(H,16,18). The number of carbonyl (C=O) groups is 2. The maximum Gasteiger partial charge on any atom is 0.414 e. The van der Waals surface area contributed by atoms with Crippen LogP contribution in [0.3, 0.4) is 0 Å². The van der Waals surface area contributed by atoms with Gasteiger partial charge in [-0.25, -0.2) is 9.59 Å². The van der Waals surface area contributed by atoms with Crippen LogP contribution in [-0.4, -0.2) is 41.9 Å². The molecule has 1 saturated heterocycles.